The van der Waals surface area contributed by atoms with Crippen molar-refractivity contribution in [1.29, 1.82) is 0 Å². The van der Waals surface area contributed by atoms with E-state index in [-0.39, 0.29) is 5.91 Å². The molecule has 4 nitrogen and oxygen atoms in total. The highest BCUT2D eigenvalue weighted by Gasteiger charge is 2.18. The van der Waals surface area contributed by atoms with Gasteiger partial charge in [0.15, 0.2) is 0 Å². The van der Waals surface area contributed by atoms with Crippen LogP contribution in [0.5, 0.6) is 0 Å². The zero-order valence-corrected chi connectivity index (χ0v) is 15.2. The van der Waals surface area contributed by atoms with Crippen LogP contribution in [-0.2, 0) is 11.2 Å². The van der Waals surface area contributed by atoms with Gasteiger partial charge in [-0.05, 0) is 36.7 Å². The monoisotopic (exact) mass is 337 g/mol. The van der Waals surface area contributed by atoms with E-state index < -0.39 is 0 Å². The molecule has 0 aliphatic carbocycles. The summed E-state index contributed by atoms with van der Waals surface area (Å²) in [5.74, 6) is 0.0361. The summed E-state index contributed by atoms with van der Waals surface area (Å²) in [5.41, 5.74) is 4.26. The van der Waals surface area contributed by atoms with Crippen molar-refractivity contribution in [2.24, 2.45) is 0 Å². The van der Waals surface area contributed by atoms with Crippen molar-refractivity contribution in [1.82, 2.24) is 4.90 Å². The molecular formula is C21H27N3O. The van der Waals surface area contributed by atoms with Crippen LogP contribution in [0.15, 0.2) is 48.5 Å². The van der Waals surface area contributed by atoms with Crippen LogP contribution in [0.25, 0.3) is 0 Å². The van der Waals surface area contributed by atoms with Gasteiger partial charge in [0.2, 0.25) is 5.91 Å². The minimum absolute atomic E-state index is 0.0361. The highest BCUT2D eigenvalue weighted by molar-refractivity contribution is 5.95. The third-order valence-corrected chi connectivity index (χ3v) is 4.95. The summed E-state index contributed by atoms with van der Waals surface area (Å²) >= 11 is 0. The summed E-state index contributed by atoms with van der Waals surface area (Å²) in [5, 5.41) is 3.11. The highest BCUT2D eigenvalue weighted by Crippen LogP contribution is 2.27. The van der Waals surface area contributed by atoms with Crippen LogP contribution in [0.4, 0.5) is 11.4 Å². The van der Waals surface area contributed by atoms with Crippen molar-refractivity contribution < 1.29 is 4.79 Å². The largest absolute Gasteiger partial charge is 0.367 e. The molecule has 0 unspecified atom stereocenters. The maximum atomic E-state index is 12.5. The first-order valence-electron chi connectivity index (χ1n) is 9.08. The van der Waals surface area contributed by atoms with Crippen molar-refractivity contribution in [3.8, 4) is 0 Å². The van der Waals surface area contributed by atoms with Gasteiger partial charge < -0.3 is 15.1 Å². The topological polar surface area (TPSA) is 35.6 Å². The highest BCUT2D eigenvalue weighted by atomic mass is 16.1. The number of nitrogens with one attached hydrogen (secondary N) is 1. The van der Waals surface area contributed by atoms with Crippen LogP contribution >= 0.6 is 0 Å². The summed E-state index contributed by atoms with van der Waals surface area (Å²) < 4.78 is 0. The van der Waals surface area contributed by atoms with E-state index in [0.29, 0.717) is 6.42 Å². The molecule has 0 aromatic heterocycles. The second-order valence-electron chi connectivity index (χ2n) is 6.59. The maximum absolute atomic E-state index is 12.5. The number of para-hydroxylation sites is 2. The van der Waals surface area contributed by atoms with Gasteiger partial charge in [-0.2, -0.15) is 0 Å². The fourth-order valence-electron chi connectivity index (χ4n) is 3.34. The first-order valence-corrected chi connectivity index (χ1v) is 9.08. The molecule has 1 N–H and O–H groups in total. The average Bonchev–Trinajstić information content (AvgIpc) is 2.64. The van der Waals surface area contributed by atoms with Gasteiger partial charge in [0.05, 0.1) is 17.8 Å². The molecule has 132 valence electrons. The normalized spacial score (nSPS) is 15.2. The second kappa shape index (κ2) is 8.17. The Morgan fingerprint density at radius 2 is 1.68 bits per heavy atom. The van der Waals surface area contributed by atoms with Gasteiger partial charge in [-0.1, -0.05) is 43.3 Å². The Bertz CT molecular complexity index is 721. The summed E-state index contributed by atoms with van der Waals surface area (Å²) in [6.07, 6.45) is 0.407. The average molecular weight is 337 g/mol. The third-order valence-electron chi connectivity index (χ3n) is 4.95. The fraction of sp³-hybridized carbons (Fsp3) is 0.381. The molecule has 1 saturated heterocycles. The minimum Gasteiger partial charge on any atom is -0.367 e. The number of nitrogens with zero attached hydrogens (tertiary/aromatic N) is 2. The van der Waals surface area contributed by atoms with Crippen LogP contribution in [0.3, 0.4) is 0 Å². The minimum atomic E-state index is 0.0361. The van der Waals surface area contributed by atoms with Crippen molar-refractivity contribution >= 4 is 17.3 Å². The van der Waals surface area contributed by atoms with E-state index in [1.54, 1.807) is 0 Å². The fourth-order valence-corrected chi connectivity index (χ4v) is 3.34. The molecule has 1 aliphatic rings. The lowest BCUT2D eigenvalue weighted by Gasteiger charge is -2.36. The SMILES string of the molecule is CCN1CCN(c2ccccc2NC(=O)Cc2ccccc2C)CC1. The molecule has 25 heavy (non-hydrogen) atoms. The molecule has 3 rings (SSSR count). The van der Waals surface area contributed by atoms with Crippen molar-refractivity contribution in [2.45, 2.75) is 20.3 Å². The van der Waals surface area contributed by atoms with E-state index in [1.807, 2.05) is 49.4 Å². The van der Waals surface area contributed by atoms with Crippen LogP contribution in [0.1, 0.15) is 18.1 Å². The Kier molecular flexibility index (Phi) is 5.71. The van der Waals surface area contributed by atoms with E-state index in [2.05, 4.69) is 28.1 Å². The molecule has 1 heterocycles. The second-order valence-corrected chi connectivity index (χ2v) is 6.59. The number of benzene rings is 2. The zero-order chi connectivity index (χ0) is 17.6. The molecule has 0 bridgehead atoms. The number of carbonyl (C=O) groups is 1. The quantitative estimate of drug-likeness (QED) is 0.909. The number of hydrogen-bond donors (Lipinski definition) is 1. The number of aryl methyl sites for hydroxylation is 1. The molecule has 0 radical (unpaired) electrons. The number of rotatable bonds is 5. The molecular weight excluding hydrogens is 310 g/mol. The molecule has 4 heteroatoms. The van der Waals surface area contributed by atoms with Crippen LogP contribution in [0.2, 0.25) is 0 Å². The zero-order valence-electron chi connectivity index (χ0n) is 15.2. The van der Waals surface area contributed by atoms with E-state index in [1.165, 1.54) is 0 Å². The van der Waals surface area contributed by atoms with Crippen molar-refractivity contribution in [3.63, 3.8) is 0 Å². The van der Waals surface area contributed by atoms with Crippen LogP contribution in [0, 0.1) is 6.92 Å². The molecule has 1 amide bonds. The lowest BCUT2D eigenvalue weighted by molar-refractivity contribution is -0.115. The predicted molar refractivity (Wildman–Crippen MR) is 104 cm³/mol. The first-order chi connectivity index (χ1) is 12.2. The van der Waals surface area contributed by atoms with Gasteiger partial charge in [0.1, 0.15) is 0 Å². The molecule has 0 spiro atoms. The molecule has 1 fully saturated rings. The molecule has 0 atom stereocenters. The van der Waals surface area contributed by atoms with E-state index in [9.17, 15) is 4.79 Å². The molecule has 2 aromatic carbocycles. The summed E-state index contributed by atoms with van der Waals surface area (Å²) in [4.78, 5) is 17.4. The van der Waals surface area contributed by atoms with Gasteiger partial charge in [0.25, 0.3) is 0 Å². The van der Waals surface area contributed by atoms with Crippen molar-refractivity contribution in [3.05, 3.63) is 59.7 Å². The third kappa shape index (κ3) is 4.40. The Balaban J connectivity index is 1.69. The molecule has 2 aromatic rings. The Morgan fingerprint density at radius 1 is 1.00 bits per heavy atom. The lowest BCUT2D eigenvalue weighted by Crippen LogP contribution is -2.46. The van der Waals surface area contributed by atoms with Gasteiger partial charge >= 0.3 is 0 Å². The van der Waals surface area contributed by atoms with E-state index >= 15 is 0 Å². The molecule has 0 saturated carbocycles. The van der Waals surface area contributed by atoms with Gasteiger partial charge in [-0.25, -0.2) is 0 Å². The number of carbonyl (C=O) groups excluding carboxylic acids is 1. The number of anilines is 2. The number of likely N-dealkylation sites (N-methyl/N-ethyl adjacent to an activating group) is 1. The standard InChI is InChI=1S/C21H27N3O/c1-3-23-12-14-24(15-13-23)20-11-7-6-10-19(20)22-21(25)16-18-9-5-4-8-17(18)2/h4-11H,3,12-16H2,1-2H3,(H,22,25). The van der Waals surface area contributed by atoms with E-state index in [0.717, 1.165) is 55.2 Å². The van der Waals surface area contributed by atoms with Crippen LogP contribution in [-0.4, -0.2) is 43.5 Å². The van der Waals surface area contributed by atoms with Gasteiger partial charge in [-0.15, -0.1) is 0 Å². The Hall–Kier alpha value is -2.33. The van der Waals surface area contributed by atoms with Crippen LogP contribution < -0.4 is 10.2 Å². The summed E-state index contributed by atoms with van der Waals surface area (Å²) in [7, 11) is 0. The Morgan fingerprint density at radius 3 is 2.40 bits per heavy atom. The predicted octanol–water partition coefficient (Wildman–Crippen LogP) is 3.32. The lowest BCUT2D eigenvalue weighted by atomic mass is 10.1. The molecule has 1 aliphatic heterocycles. The smallest absolute Gasteiger partial charge is 0.228 e. The Labute approximate surface area is 150 Å². The first kappa shape index (κ1) is 17.5. The number of piperazine rings is 1. The number of amides is 1. The van der Waals surface area contributed by atoms with Crippen molar-refractivity contribution in [2.75, 3.05) is 42.9 Å². The summed E-state index contributed by atoms with van der Waals surface area (Å²) in [6.45, 7) is 9.49. The maximum Gasteiger partial charge on any atom is 0.228 e. The van der Waals surface area contributed by atoms with Gasteiger partial charge in [0, 0.05) is 26.2 Å². The van der Waals surface area contributed by atoms with Gasteiger partial charge in [-0.3, -0.25) is 4.79 Å². The number of hydrogen-bond acceptors (Lipinski definition) is 3. The summed E-state index contributed by atoms with van der Waals surface area (Å²) in [6, 6.07) is 16.2. The van der Waals surface area contributed by atoms with E-state index in [4.69, 9.17) is 0 Å².